The largest absolute Gasteiger partial charge is 0.445 e. The first-order valence-corrected chi connectivity index (χ1v) is 7.79. The van der Waals surface area contributed by atoms with Crippen LogP contribution in [-0.4, -0.2) is 24.8 Å². The standard InChI is InChI=1S/C15H25F5O/c1-3-5-6-10(4-2)11-7-8-13(12(16)9-11)21-14(17)15(18,19)20/h10-14H,3-9H2,1-2H3. The van der Waals surface area contributed by atoms with Crippen LogP contribution in [0.3, 0.4) is 0 Å². The average Bonchev–Trinajstić information content (AvgIpc) is 2.41. The lowest BCUT2D eigenvalue weighted by atomic mass is 9.75. The van der Waals surface area contributed by atoms with Gasteiger partial charge in [-0.25, -0.2) is 8.78 Å². The van der Waals surface area contributed by atoms with E-state index in [9.17, 15) is 22.0 Å². The lowest BCUT2D eigenvalue weighted by molar-refractivity contribution is -0.285. The van der Waals surface area contributed by atoms with Crippen molar-refractivity contribution in [3.63, 3.8) is 0 Å². The highest BCUT2D eigenvalue weighted by molar-refractivity contribution is 4.84. The molecular formula is C15H25F5O. The summed E-state index contributed by atoms with van der Waals surface area (Å²) in [7, 11) is 0. The van der Waals surface area contributed by atoms with E-state index in [-0.39, 0.29) is 18.8 Å². The molecule has 1 nitrogen and oxygen atoms in total. The van der Waals surface area contributed by atoms with Crippen LogP contribution in [-0.2, 0) is 4.74 Å². The Morgan fingerprint density at radius 3 is 2.33 bits per heavy atom. The minimum atomic E-state index is -5.08. The SMILES string of the molecule is CCCCC(CC)C1CCC(OC(F)C(F)(F)F)C(F)C1. The van der Waals surface area contributed by atoms with Crippen LogP contribution in [0, 0.1) is 11.8 Å². The Labute approximate surface area is 123 Å². The predicted octanol–water partition coefficient (Wildman–Crippen LogP) is 5.58. The van der Waals surface area contributed by atoms with Crippen LogP contribution in [0.5, 0.6) is 0 Å². The van der Waals surface area contributed by atoms with E-state index in [0.29, 0.717) is 12.3 Å². The van der Waals surface area contributed by atoms with Gasteiger partial charge in [0.05, 0.1) is 6.10 Å². The van der Waals surface area contributed by atoms with Gasteiger partial charge in [0.2, 0.25) is 0 Å². The quantitative estimate of drug-likeness (QED) is 0.557. The predicted molar refractivity (Wildman–Crippen MR) is 71.4 cm³/mol. The second-order valence-corrected chi connectivity index (χ2v) is 5.93. The van der Waals surface area contributed by atoms with Gasteiger partial charge in [-0.05, 0) is 31.1 Å². The van der Waals surface area contributed by atoms with Crippen molar-refractivity contribution >= 4 is 0 Å². The average molecular weight is 316 g/mol. The first-order valence-electron chi connectivity index (χ1n) is 7.79. The fourth-order valence-electron chi connectivity index (χ4n) is 3.17. The molecule has 5 atom stereocenters. The van der Waals surface area contributed by atoms with Crippen molar-refractivity contribution < 1.29 is 26.7 Å². The van der Waals surface area contributed by atoms with Gasteiger partial charge in [0.15, 0.2) is 0 Å². The van der Waals surface area contributed by atoms with Crippen molar-refractivity contribution in [2.75, 3.05) is 0 Å². The molecule has 0 bridgehead atoms. The number of hydrogen-bond donors (Lipinski definition) is 0. The molecule has 0 aromatic carbocycles. The molecule has 0 aliphatic heterocycles. The molecule has 0 spiro atoms. The van der Waals surface area contributed by atoms with Gasteiger partial charge in [-0.1, -0.05) is 39.5 Å². The van der Waals surface area contributed by atoms with Crippen LogP contribution in [0.25, 0.3) is 0 Å². The van der Waals surface area contributed by atoms with Crippen LogP contribution in [0.15, 0.2) is 0 Å². The number of ether oxygens (including phenoxy) is 1. The summed E-state index contributed by atoms with van der Waals surface area (Å²) in [6.45, 7) is 4.14. The van der Waals surface area contributed by atoms with Crippen LogP contribution in [0.4, 0.5) is 22.0 Å². The molecule has 1 fully saturated rings. The lowest BCUT2D eigenvalue weighted by Gasteiger charge is -2.36. The zero-order valence-corrected chi connectivity index (χ0v) is 12.6. The Morgan fingerprint density at radius 2 is 1.86 bits per heavy atom. The lowest BCUT2D eigenvalue weighted by Crippen LogP contribution is -2.40. The molecule has 1 aliphatic rings. The third-order valence-electron chi connectivity index (χ3n) is 4.42. The molecule has 0 aromatic heterocycles. The first-order chi connectivity index (χ1) is 9.79. The number of rotatable bonds is 7. The molecule has 0 saturated heterocycles. The Morgan fingerprint density at radius 1 is 1.19 bits per heavy atom. The molecule has 1 rings (SSSR count). The molecule has 0 aromatic rings. The highest BCUT2D eigenvalue weighted by atomic mass is 19.4. The molecular weight excluding hydrogens is 291 g/mol. The fourth-order valence-corrected chi connectivity index (χ4v) is 3.17. The molecule has 0 heterocycles. The molecule has 0 N–H and O–H groups in total. The van der Waals surface area contributed by atoms with Gasteiger partial charge in [-0.2, -0.15) is 13.2 Å². The number of halogens is 5. The van der Waals surface area contributed by atoms with Crippen LogP contribution in [0.2, 0.25) is 0 Å². The van der Waals surface area contributed by atoms with Crippen molar-refractivity contribution in [2.24, 2.45) is 11.8 Å². The van der Waals surface area contributed by atoms with Crippen molar-refractivity contribution in [1.29, 1.82) is 0 Å². The summed E-state index contributed by atoms with van der Waals surface area (Å²) in [6, 6.07) is 0. The smallest absolute Gasteiger partial charge is 0.335 e. The maximum atomic E-state index is 14.0. The summed E-state index contributed by atoms with van der Waals surface area (Å²) in [5.41, 5.74) is 0. The van der Waals surface area contributed by atoms with E-state index in [2.05, 4.69) is 18.6 Å². The monoisotopic (exact) mass is 316 g/mol. The highest BCUT2D eigenvalue weighted by Crippen LogP contribution is 2.38. The number of hydrogen-bond acceptors (Lipinski definition) is 1. The zero-order chi connectivity index (χ0) is 16.0. The Kier molecular flexibility index (Phi) is 7.37. The van der Waals surface area contributed by atoms with E-state index in [1.807, 2.05) is 0 Å². The molecule has 21 heavy (non-hydrogen) atoms. The van der Waals surface area contributed by atoms with Crippen LogP contribution in [0.1, 0.15) is 58.8 Å². The van der Waals surface area contributed by atoms with Gasteiger partial charge >= 0.3 is 6.18 Å². The summed E-state index contributed by atoms with van der Waals surface area (Å²) in [5, 5.41) is 0. The second-order valence-electron chi connectivity index (χ2n) is 5.93. The fraction of sp³-hybridized carbons (Fsp3) is 1.00. The molecule has 1 aliphatic carbocycles. The van der Waals surface area contributed by atoms with Gasteiger partial charge in [0.25, 0.3) is 6.36 Å². The van der Waals surface area contributed by atoms with Gasteiger partial charge in [-0.15, -0.1) is 0 Å². The number of alkyl halides is 5. The number of unbranched alkanes of at least 4 members (excludes halogenated alkanes) is 1. The zero-order valence-electron chi connectivity index (χ0n) is 12.6. The van der Waals surface area contributed by atoms with E-state index < -0.39 is 24.8 Å². The topological polar surface area (TPSA) is 9.23 Å². The molecule has 6 heteroatoms. The maximum absolute atomic E-state index is 14.0. The Bertz CT molecular complexity index is 294. The maximum Gasteiger partial charge on any atom is 0.445 e. The summed E-state index contributed by atoms with van der Waals surface area (Å²) < 4.78 is 67.4. The van der Waals surface area contributed by atoms with E-state index in [1.165, 1.54) is 0 Å². The third-order valence-corrected chi connectivity index (χ3v) is 4.42. The van der Waals surface area contributed by atoms with Crippen molar-refractivity contribution in [2.45, 2.75) is 83.6 Å². The second kappa shape index (κ2) is 8.30. The highest BCUT2D eigenvalue weighted by Gasteiger charge is 2.45. The normalized spacial score (nSPS) is 30.1. The van der Waals surface area contributed by atoms with Crippen LogP contribution < -0.4 is 0 Å². The van der Waals surface area contributed by atoms with E-state index in [4.69, 9.17) is 0 Å². The molecule has 0 amide bonds. The van der Waals surface area contributed by atoms with Gasteiger partial charge in [-0.3, -0.25) is 0 Å². The van der Waals surface area contributed by atoms with Crippen LogP contribution >= 0.6 is 0 Å². The van der Waals surface area contributed by atoms with Crippen molar-refractivity contribution in [3.8, 4) is 0 Å². The first kappa shape index (κ1) is 18.7. The summed E-state index contributed by atoms with van der Waals surface area (Å²) in [4.78, 5) is 0. The van der Waals surface area contributed by atoms with Crippen molar-refractivity contribution in [1.82, 2.24) is 0 Å². The summed E-state index contributed by atoms with van der Waals surface area (Å²) in [5.74, 6) is 0.563. The minimum Gasteiger partial charge on any atom is -0.335 e. The molecule has 5 unspecified atom stereocenters. The third kappa shape index (κ3) is 5.72. The minimum absolute atomic E-state index is 0.158. The Hall–Kier alpha value is -0.390. The molecule has 0 radical (unpaired) electrons. The van der Waals surface area contributed by atoms with E-state index >= 15 is 0 Å². The summed E-state index contributed by atoms with van der Waals surface area (Å²) >= 11 is 0. The summed E-state index contributed by atoms with van der Waals surface area (Å²) in [6.07, 6.45) is -6.21. The molecule has 126 valence electrons. The van der Waals surface area contributed by atoms with E-state index in [0.717, 1.165) is 25.7 Å². The van der Waals surface area contributed by atoms with E-state index in [1.54, 1.807) is 0 Å². The van der Waals surface area contributed by atoms with Gasteiger partial charge < -0.3 is 4.74 Å². The van der Waals surface area contributed by atoms with Gasteiger partial charge in [0, 0.05) is 0 Å². The Balaban J connectivity index is 2.49. The van der Waals surface area contributed by atoms with Gasteiger partial charge in [0.1, 0.15) is 6.17 Å². The van der Waals surface area contributed by atoms with Crippen molar-refractivity contribution in [3.05, 3.63) is 0 Å². The molecule has 1 saturated carbocycles.